The highest BCUT2D eigenvalue weighted by Gasteiger charge is 2.26. The van der Waals surface area contributed by atoms with Crippen molar-refractivity contribution in [1.82, 2.24) is 14.8 Å². The molecule has 2 atom stereocenters. The fourth-order valence-electron chi connectivity index (χ4n) is 3.21. The number of nitrogen functional groups attached to an aromatic ring is 1. The van der Waals surface area contributed by atoms with Gasteiger partial charge in [0.15, 0.2) is 0 Å². The smallest absolute Gasteiger partial charge is 0.0726 e. The van der Waals surface area contributed by atoms with E-state index in [4.69, 9.17) is 10.7 Å². The van der Waals surface area contributed by atoms with Crippen molar-refractivity contribution in [2.75, 3.05) is 25.9 Å². The molecule has 1 saturated heterocycles. The molecule has 3 rings (SSSR count). The lowest BCUT2D eigenvalue weighted by atomic mass is 10.1. The number of nitrogens with two attached hydrogens (primary N) is 1. The molecule has 4 heteroatoms. The molecule has 0 radical (unpaired) electrons. The number of hydrogen-bond acceptors (Lipinski definition) is 4. The summed E-state index contributed by atoms with van der Waals surface area (Å²) in [7, 11) is 2.21. The summed E-state index contributed by atoms with van der Waals surface area (Å²) in [5.41, 5.74) is 9.05. The lowest BCUT2D eigenvalue weighted by Gasteiger charge is -2.42. The molecule has 2 heterocycles. The predicted molar refractivity (Wildman–Crippen MR) is 88.1 cm³/mol. The normalized spacial score (nSPS) is 24.5. The minimum Gasteiger partial charge on any atom is -0.398 e. The van der Waals surface area contributed by atoms with E-state index < -0.39 is 0 Å². The fourth-order valence-corrected chi connectivity index (χ4v) is 3.21. The average Bonchev–Trinajstić information content (AvgIpc) is 2.45. The van der Waals surface area contributed by atoms with E-state index in [0.717, 1.165) is 41.9 Å². The molecular formula is C17H24N4. The topological polar surface area (TPSA) is 45.4 Å². The van der Waals surface area contributed by atoms with Crippen LogP contribution < -0.4 is 5.73 Å². The quantitative estimate of drug-likeness (QED) is 0.919. The summed E-state index contributed by atoms with van der Waals surface area (Å²) in [5, 5.41) is 1.04. The summed E-state index contributed by atoms with van der Waals surface area (Å²) >= 11 is 0. The Morgan fingerprint density at radius 3 is 2.57 bits per heavy atom. The summed E-state index contributed by atoms with van der Waals surface area (Å²) < 4.78 is 0. The summed E-state index contributed by atoms with van der Waals surface area (Å²) in [6.07, 6.45) is 0. The molecule has 0 saturated carbocycles. The Bertz CT molecular complexity index is 628. The number of pyridine rings is 1. The Balaban J connectivity index is 1.82. The maximum Gasteiger partial charge on any atom is 0.0726 e. The molecule has 112 valence electrons. The summed E-state index contributed by atoms with van der Waals surface area (Å²) in [6, 6.07) is 11.3. The highest BCUT2D eigenvalue weighted by Crippen LogP contribution is 2.22. The zero-order chi connectivity index (χ0) is 15.0. The van der Waals surface area contributed by atoms with E-state index in [1.165, 1.54) is 0 Å². The Hall–Kier alpha value is -1.65. The van der Waals surface area contributed by atoms with Crippen LogP contribution in [-0.4, -0.2) is 47.0 Å². The highest BCUT2D eigenvalue weighted by molar-refractivity contribution is 5.90. The minimum atomic E-state index is 0.576. The average molecular weight is 284 g/mol. The van der Waals surface area contributed by atoms with Crippen LogP contribution in [0.25, 0.3) is 10.9 Å². The van der Waals surface area contributed by atoms with Crippen LogP contribution in [-0.2, 0) is 6.54 Å². The molecular weight excluding hydrogens is 260 g/mol. The minimum absolute atomic E-state index is 0.576. The molecule has 1 aliphatic rings. The second-order valence-corrected chi connectivity index (χ2v) is 6.28. The van der Waals surface area contributed by atoms with Gasteiger partial charge in [-0.1, -0.05) is 18.2 Å². The van der Waals surface area contributed by atoms with Crippen molar-refractivity contribution in [2.45, 2.75) is 32.5 Å². The Morgan fingerprint density at radius 1 is 1.19 bits per heavy atom. The number of hydrogen-bond donors (Lipinski definition) is 1. The monoisotopic (exact) mass is 284 g/mol. The molecule has 0 aliphatic carbocycles. The van der Waals surface area contributed by atoms with Crippen LogP contribution in [0, 0.1) is 0 Å². The number of aromatic nitrogens is 1. The molecule has 2 N–H and O–H groups in total. The predicted octanol–water partition coefficient (Wildman–Crippen LogP) is 2.34. The number of fused-ring (bicyclic) bond motifs is 1. The van der Waals surface area contributed by atoms with Crippen molar-refractivity contribution < 1.29 is 0 Å². The molecule has 0 amide bonds. The number of para-hydroxylation sites is 1. The first-order chi connectivity index (χ1) is 10.0. The molecule has 0 spiro atoms. The molecule has 21 heavy (non-hydrogen) atoms. The van der Waals surface area contributed by atoms with Gasteiger partial charge in [0.2, 0.25) is 0 Å². The van der Waals surface area contributed by atoms with Gasteiger partial charge in [-0.3, -0.25) is 14.8 Å². The van der Waals surface area contributed by atoms with Gasteiger partial charge in [-0.25, -0.2) is 0 Å². The first-order valence-electron chi connectivity index (χ1n) is 7.63. The lowest BCUT2D eigenvalue weighted by Crippen LogP contribution is -2.54. The Kier molecular flexibility index (Phi) is 3.83. The van der Waals surface area contributed by atoms with E-state index in [-0.39, 0.29) is 0 Å². The van der Waals surface area contributed by atoms with Crippen molar-refractivity contribution in [3.8, 4) is 0 Å². The Morgan fingerprint density at radius 2 is 1.86 bits per heavy atom. The van der Waals surface area contributed by atoms with Crippen molar-refractivity contribution in [1.29, 1.82) is 0 Å². The highest BCUT2D eigenvalue weighted by atomic mass is 15.3. The zero-order valence-corrected chi connectivity index (χ0v) is 13.1. The Labute approximate surface area is 126 Å². The van der Waals surface area contributed by atoms with Crippen molar-refractivity contribution in [2.24, 2.45) is 0 Å². The largest absolute Gasteiger partial charge is 0.398 e. The number of likely N-dealkylation sites (N-methyl/N-ethyl adjacent to an activating group) is 1. The van der Waals surface area contributed by atoms with Crippen LogP contribution in [0.15, 0.2) is 30.3 Å². The van der Waals surface area contributed by atoms with E-state index in [9.17, 15) is 0 Å². The fraction of sp³-hybridized carbons (Fsp3) is 0.471. The van der Waals surface area contributed by atoms with Crippen LogP contribution in [0.4, 0.5) is 5.69 Å². The molecule has 2 aromatic rings. The number of nitrogens with zero attached hydrogens (tertiary/aromatic N) is 3. The molecule has 2 unspecified atom stereocenters. The van der Waals surface area contributed by atoms with E-state index >= 15 is 0 Å². The van der Waals surface area contributed by atoms with Crippen LogP contribution in [0.1, 0.15) is 19.5 Å². The summed E-state index contributed by atoms with van der Waals surface area (Å²) in [5.74, 6) is 0. The van der Waals surface area contributed by atoms with E-state index in [1.807, 2.05) is 30.3 Å². The van der Waals surface area contributed by atoms with Gasteiger partial charge >= 0.3 is 0 Å². The molecule has 1 fully saturated rings. The van der Waals surface area contributed by atoms with Crippen molar-refractivity contribution in [3.63, 3.8) is 0 Å². The van der Waals surface area contributed by atoms with Crippen LogP contribution in [0.2, 0.25) is 0 Å². The van der Waals surface area contributed by atoms with Gasteiger partial charge in [0.25, 0.3) is 0 Å². The summed E-state index contributed by atoms with van der Waals surface area (Å²) in [6.45, 7) is 7.59. The van der Waals surface area contributed by atoms with Crippen molar-refractivity contribution >= 4 is 16.6 Å². The SMILES string of the molecule is CC1CN(Cc2cc(N)c3ccccc3n2)CC(C)N1C. The van der Waals surface area contributed by atoms with Crippen LogP contribution in [0.3, 0.4) is 0 Å². The molecule has 1 aromatic heterocycles. The zero-order valence-electron chi connectivity index (χ0n) is 13.1. The van der Waals surface area contributed by atoms with Gasteiger partial charge in [0.05, 0.1) is 11.2 Å². The third-order valence-corrected chi connectivity index (χ3v) is 4.62. The third-order valence-electron chi connectivity index (χ3n) is 4.62. The molecule has 4 nitrogen and oxygen atoms in total. The first kappa shape index (κ1) is 14.3. The second-order valence-electron chi connectivity index (χ2n) is 6.28. The van der Waals surface area contributed by atoms with Gasteiger partial charge in [-0.2, -0.15) is 0 Å². The van der Waals surface area contributed by atoms with Gasteiger partial charge < -0.3 is 5.73 Å². The van der Waals surface area contributed by atoms with Gasteiger partial charge in [-0.05, 0) is 33.0 Å². The third kappa shape index (κ3) is 2.87. The van der Waals surface area contributed by atoms with Gasteiger partial charge in [0, 0.05) is 42.8 Å². The van der Waals surface area contributed by atoms with E-state index in [1.54, 1.807) is 0 Å². The number of anilines is 1. The molecule has 0 bridgehead atoms. The van der Waals surface area contributed by atoms with E-state index in [0.29, 0.717) is 12.1 Å². The lowest BCUT2D eigenvalue weighted by molar-refractivity contribution is 0.0550. The maximum atomic E-state index is 6.17. The second kappa shape index (κ2) is 5.62. The molecule has 1 aromatic carbocycles. The van der Waals surface area contributed by atoms with Gasteiger partial charge in [0.1, 0.15) is 0 Å². The number of benzene rings is 1. The van der Waals surface area contributed by atoms with Crippen LogP contribution >= 0.6 is 0 Å². The van der Waals surface area contributed by atoms with Crippen molar-refractivity contribution in [3.05, 3.63) is 36.0 Å². The van der Waals surface area contributed by atoms with Gasteiger partial charge in [-0.15, -0.1) is 0 Å². The number of rotatable bonds is 2. The maximum absolute atomic E-state index is 6.17. The van der Waals surface area contributed by atoms with E-state index in [2.05, 4.69) is 30.7 Å². The van der Waals surface area contributed by atoms with Crippen LogP contribution in [0.5, 0.6) is 0 Å². The summed E-state index contributed by atoms with van der Waals surface area (Å²) in [4.78, 5) is 9.69. The first-order valence-corrected chi connectivity index (χ1v) is 7.63. The number of piperazine rings is 1. The molecule has 1 aliphatic heterocycles. The standard InChI is InChI=1S/C17H24N4/c1-12-9-21(10-13(2)20(12)3)11-14-8-16(18)15-6-4-5-7-17(15)19-14/h4-8,12-13H,9-11H2,1-3H3,(H2,18,19).